The molecule has 0 bridgehead atoms. The predicted molar refractivity (Wildman–Crippen MR) is 79.2 cm³/mol. The van der Waals surface area contributed by atoms with Crippen molar-refractivity contribution in [2.24, 2.45) is 0 Å². The number of hydrogen-bond acceptors (Lipinski definition) is 1. The summed E-state index contributed by atoms with van der Waals surface area (Å²) < 4.78 is 0. The number of quaternary nitrogens is 2. The Morgan fingerprint density at radius 3 is 2.16 bits per heavy atom. The quantitative estimate of drug-likeness (QED) is 0.569. The van der Waals surface area contributed by atoms with Gasteiger partial charge in [0, 0.05) is 0 Å². The van der Waals surface area contributed by atoms with Crippen LogP contribution in [0.25, 0.3) is 0 Å². The van der Waals surface area contributed by atoms with Gasteiger partial charge in [0.25, 0.3) is 0 Å². The van der Waals surface area contributed by atoms with E-state index < -0.39 is 0 Å². The number of benzene rings is 1. The third-order valence-corrected chi connectivity index (χ3v) is 3.69. The summed E-state index contributed by atoms with van der Waals surface area (Å²) in [5.41, 5.74) is 1.01. The number of nitrogens with one attached hydrogen (secondary N) is 1. The topological polar surface area (TPSA) is 41.3 Å². The van der Waals surface area contributed by atoms with E-state index in [9.17, 15) is 5.11 Å². The lowest BCUT2D eigenvalue weighted by Crippen LogP contribution is -3.19. The largest absolute Gasteiger partial charge is 0.382 e. The summed E-state index contributed by atoms with van der Waals surface area (Å²) in [6, 6.07) is 11.2. The number of nitrogens with two attached hydrogens (primary N) is 1. The smallest absolute Gasteiger partial charge is 0.128 e. The minimum atomic E-state index is -0.359. The summed E-state index contributed by atoms with van der Waals surface area (Å²) in [5, 5.41) is 12.3. The molecular formula is C16H30N2O+2. The second-order valence-corrected chi connectivity index (χ2v) is 5.87. The highest BCUT2D eigenvalue weighted by Crippen LogP contribution is 2.08. The van der Waals surface area contributed by atoms with Gasteiger partial charge in [0.2, 0.25) is 0 Å². The Morgan fingerprint density at radius 1 is 1.05 bits per heavy atom. The van der Waals surface area contributed by atoms with Crippen molar-refractivity contribution in [1.29, 1.82) is 0 Å². The normalized spacial score (nSPS) is 13.5. The van der Waals surface area contributed by atoms with Crippen LogP contribution in [0.3, 0.4) is 0 Å². The van der Waals surface area contributed by atoms with Gasteiger partial charge < -0.3 is 15.3 Å². The van der Waals surface area contributed by atoms with Crippen molar-refractivity contribution >= 4 is 0 Å². The van der Waals surface area contributed by atoms with Crippen LogP contribution >= 0.6 is 0 Å². The molecule has 3 heteroatoms. The Kier molecular flexibility index (Phi) is 7.06. The van der Waals surface area contributed by atoms with Crippen LogP contribution in [0.5, 0.6) is 0 Å². The summed E-state index contributed by atoms with van der Waals surface area (Å²) >= 11 is 0. The molecule has 0 fully saturated rings. The molecule has 1 atom stereocenters. The maximum absolute atomic E-state index is 10.1. The molecule has 0 aromatic heterocycles. The van der Waals surface area contributed by atoms with Crippen molar-refractivity contribution < 1.29 is 15.3 Å². The first-order valence-electron chi connectivity index (χ1n) is 7.42. The molecule has 0 saturated heterocycles. The van der Waals surface area contributed by atoms with Gasteiger partial charge in [-0.3, -0.25) is 0 Å². The predicted octanol–water partition coefficient (Wildman–Crippen LogP) is -0.0149. The Bertz CT molecular complexity index is 330. The zero-order valence-corrected chi connectivity index (χ0v) is 12.8. The van der Waals surface area contributed by atoms with Gasteiger partial charge in [0.1, 0.15) is 25.7 Å². The lowest BCUT2D eigenvalue weighted by Gasteiger charge is -2.26. The lowest BCUT2D eigenvalue weighted by atomic mass is 10.1. The average molecular weight is 266 g/mol. The molecule has 4 N–H and O–H groups in total. The van der Waals surface area contributed by atoms with E-state index in [0.29, 0.717) is 12.1 Å². The van der Waals surface area contributed by atoms with E-state index in [4.69, 9.17) is 0 Å². The van der Waals surface area contributed by atoms with E-state index in [1.54, 1.807) is 4.90 Å². The van der Waals surface area contributed by atoms with Gasteiger partial charge in [-0.15, -0.1) is 0 Å². The Balaban J connectivity index is 2.27. The summed E-state index contributed by atoms with van der Waals surface area (Å²) in [5.74, 6) is 0. The first-order chi connectivity index (χ1) is 9.02. The molecule has 0 amide bonds. The number of aliphatic hydroxyl groups is 1. The molecule has 3 nitrogen and oxygen atoms in total. The fourth-order valence-corrected chi connectivity index (χ4v) is 2.60. The van der Waals surface area contributed by atoms with E-state index in [1.807, 2.05) is 30.3 Å². The average Bonchev–Trinajstić information content (AvgIpc) is 2.38. The van der Waals surface area contributed by atoms with Crippen LogP contribution in [0.1, 0.15) is 39.4 Å². The van der Waals surface area contributed by atoms with Gasteiger partial charge in [0.05, 0.1) is 12.1 Å². The molecule has 1 rings (SSSR count). The Hall–Kier alpha value is -0.900. The SMILES string of the molecule is CC(C)[NH+](CC[NH2+]C[C@H](O)c1ccccc1)C(C)C. The van der Waals surface area contributed by atoms with Crippen molar-refractivity contribution in [3.8, 4) is 0 Å². The molecule has 0 unspecified atom stereocenters. The Morgan fingerprint density at radius 2 is 1.63 bits per heavy atom. The van der Waals surface area contributed by atoms with Crippen molar-refractivity contribution in [2.45, 2.75) is 45.9 Å². The molecule has 0 radical (unpaired) electrons. The summed E-state index contributed by atoms with van der Waals surface area (Å²) in [4.78, 5) is 1.63. The van der Waals surface area contributed by atoms with Crippen LogP contribution in [-0.2, 0) is 0 Å². The molecule has 1 aromatic carbocycles. The first-order valence-corrected chi connectivity index (χ1v) is 7.42. The summed E-state index contributed by atoms with van der Waals surface area (Å²) in [7, 11) is 0. The molecule has 0 heterocycles. The molecule has 0 spiro atoms. The van der Waals surface area contributed by atoms with Crippen LogP contribution in [0.2, 0.25) is 0 Å². The highest BCUT2D eigenvalue weighted by Gasteiger charge is 2.17. The van der Waals surface area contributed by atoms with E-state index in [2.05, 4.69) is 33.0 Å². The highest BCUT2D eigenvalue weighted by atomic mass is 16.3. The standard InChI is InChI=1S/C16H28N2O/c1-13(2)18(14(3)4)11-10-17-12-16(19)15-8-6-5-7-9-15/h5-9,13-14,16-17,19H,10-12H2,1-4H3/p+2/t16-/m0/s1. The van der Waals surface area contributed by atoms with Crippen molar-refractivity contribution in [1.82, 2.24) is 0 Å². The highest BCUT2D eigenvalue weighted by molar-refractivity contribution is 5.16. The summed E-state index contributed by atoms with van der Waals surface area (Å²) in [6.07, 6.45) is -0.359. The van der Waals surface area contributed by atoms with E-state index in [-0.39, 0.29) is 6.10 Å². The van der Waals surface area contributed by atoms with Crippen LogP contribution in [0, 0.1) is 0 Å². The monoisotopic (exact) mass is 266 g/mol. The van der Waals surface area contributed by atoms with Gasteiger partial charge >= 0.3 is 0 Å². The second-order valence-electron chi connectivity index (χ2n) is 5.87. The molecule has 19 heavy (non-hydrogen) atoms. The van der Waals surface area contributed by atoms with Gasteiger partial charge in [0.15, 0.2) is 0 Å². The molecular weight excluding hydrogens is 236 g/mol. The van der Waals surface area contributed by atoms with Crippen molar-refractivity contribution in [3.05, 3.63) is 35.9 Å². The summed E-state index contributed by atoms with van der Waals surface area (Å²) in [6.45, 7) is 12.0. The lowest BCUT2D eigenvalue weighted by molar-refractivity contribution is -0.952. The maximum Gasteiger partial charge on any atom is 0.128 e. The van der Waals surface area contributed by atoms with Crippen LogP contribution < -0.4 is 10.2 Å². The van der Waals surface area contributed by atoms with Gasteiger partial charge in [-0.25, -0.2) is 0 Å². The third kappa shape index (κ3) is 5.72. The minimum absolute atomic E-state index is 0.359. The van der Waals surface area contributed by atoms with E-state index in [1.165, 1.54) is 0 Å². The zero-order valence-electron chi connectivity index (χ0n) is 12.8. The fraction of sp³-hybridized carbons (Fsp3) is 0.625. The van der Waals surface area contributed by atoms with Crippen LogP contribution in [-0.4, -0.2) is 36.8 Å². The number of hydrogen-bond donors (Lipinski definition) is 3. The van der Waals surface area contributed by atoms with Gasteiger partial charge in [-0.05, 0) is 33.3 Å². The molecule has 0 saturated carbocycles. The molecule has 0 aliphatic heterocycles. The van der Waals surface area contributed by atoms with Gasteiger partial charge in [-0.2, -0.15) is 0 Å². The van der Waals surface area contributed by atoms with Crippen molar-refractivity contribution in [3.63, 3.8) is 0 Å². The Labute approximate surface area is 117 Å². The zero-order chi connectivity index (χ0) is 14.3. The van der Waals surface area contributed by atoms with Gasteiger partial charge in [-0.1, -0.05) is 30.3 Å². The van der Waals surface area contributed by atoms with Crippen LogP contribution in [0.4, 0.5) is 0 Å². The molecule has 0 aliphatic rings. The fourth-order valence-electron chi connectivity index (χ4n) is 2.60. The molecule has 0 aliphatic carbocycles. The second kappa shape index (κ2) is 8.31. The molecule has 108 valence electrons. The third-order valence-electron chi connectivity index (χ3n) is 3.69. The van der Waals surface area contributed by atoms with Crippen molar-refractivity contribution in [2.75, 3.05) is 19.6 Å². The number of rotatable bonds is 8. The maximum atomic E-state index is 10.1. The van der Waals surface area contributed by atoms with Crippen LogP contribution in [0.15, 0.2) is 30.3 Å². The number of aliphatic hydroxyl groups excluding tert-OH is 1. The molecule has 1 aromatic rings. The van der Waals surface area contributed by atoms with E-state index >= 15 is 0 Å². The first kappa shape index (κ1) is 16.2. The van der Waals surface area contributed by atoms with E-state index in [0.717, 1.165) is 25.2 Å². The minimum Gasteiger partial charge on any atom is -0.382 e.